The maximum atomic E-state index is 5.98. The molecule has 154 valence electrons. The first-order valence-corrected chi connectivity index (χ1v) is 10.2. The fourth-order valence-corrected chi connectivity index (χ4v) is 3.68. The van der Waals surface area contributed by atoms with Gasteiger partial charge in [0, 0.05) is 55.6 Å². The smallest absolute Gasteiger partial charge is 0.119 e. The van der Waals surface area contributed by atoms with E-state index in [2.05, 4.69) is 39.4 Å². The molecule has 1 N–H and O–H groups in total. The largest absolute Gasteiger partial charge is 0.493 e. The van der Waals surface area contributed by atoms with Crippen LogP contribution in [0.1, 0.15) is 28.7 Å². The van der Waals surface area contributed by atoms with Crippen LogP contribution in [0.25, 0.3) is 0 Å². The summed E-state index contributed by atoms with van der Waals surface area (Å²) in [4.78, 5) is 2.40. The number of benzene rings is 1. The summed E-state index contributed by atoms with van der Waals surface area (Å²) in [6.07, 6.45) is 2.82. The van der Waals surface area contributed by atoms with E-state index in [1.165, 1.54) is 5.56 Å². The minimum absolute atomic E-state index is 0.0251. The second-order valence-electron chi connectivity index (χ2n) is 7.38. The molecule has 0 bridgehead atoms. The van der Waals surface area contributed by atoms with Gasteiger partial charge in [0.15, 0.2) is 0 Å². The first kappa shape index (κ1) is 19.9. The fraction of sp³-hybridized carbons (Fsp3) is 0.429. The van der Waals surface area contributed by atoms with Crippen LogP contribution in [0.3, 0.4) is 0 Å². The number of morpholine rings is 1. The van der Waals surface area contributed by atoms with Crippen LogP contribution in [0.4, 0.5) is 0 Å². The average Bonchev–Trinajstić information content (AvgIpc) is 3.30. The van der Waals surface area contributed by atoms with Crippen LogP contribution in [0.15, 0.2) is 36.5 Å². The second kappa shape index (κ2) is 8.98. The molecule has 1 aliphatic heterocycles. The van der Waals surface area contributed by atoms with Gasteiger partial charge >= 0.3 is 0 Å². The van der Waals surface area contributed by atoms with Gasteiger partial charge in [-0.05, 0) is 37.3 Å². The molecule has 1 aliphatic rings. The van der Waals surface area contributed by atoms with Gasteiger partial charge in [0.1, 0.15) is 11.9 Å². The Morgan fingerprint density at radius 1 is 1.31 bits per heavy atom. The van der Waals surface area contributed by atoms with Crippen molar-refractivity contribution in [3.8, 4) is 5.75 Å². The molecule has 0 saturated carbocycles. The van der Waals surface area contributed by atoms with Gasteiger partial charge in [-0.2, -0.15) is 10.2 Å². The molecule has 1 atom stereocenters. The Morgan fingerprint density at radius 3 is 2.90 bits per heavy atom. The van der Waals surface area contributed by atoms with Gasteiger partial charge < -0.3 is 9.47 Å². The van der Waals surface area contributed by atoms with Crippen LogP contribution in [0, 0.1) is 6.92 Å². The van der Waals surface area contributed by atoms with Crippen molar-refractivity contribution in [3.63, 3.8) is 0 Å². The zero-order chi connectivity index (χ0) is 20.2. The lowest BCUT2D eigenvalue weighted by molar-refractivity contribution is -0.0350. The van der Waals surface area contributed by atoms with E-state index < -0.39 is 0 Å². The number of nitrogens with zero attached hydrogens (tertiary/aromatic N) is 4. The fourth-order valence-electron chi connectivity index (χ4n) is 3.55. The van der Waals surface area contributed by atoms with Crippen molar-refractivity contribution < 1.29 is 9.47 Å². The molecule has 29 heavy (non-hydrogen) atoms. The molecule has 1 fully saturated rings. The van der Waals surface area contributed by atoms with Gasteiger partial charge in [-0.1, -0.05) is 11.6 Å². The van der Waals surface area contributed by atoms with Crippen molar-refractivity contribution >= 4 is 11.6 Å². The van der Waals surface area contributed by atoms with E-state index in [-0.39, 0.29) is 6.10 Å². The SMILES string of the molecule is Cc1nn(C)cc1CN1CCOC(c2cc(CCOc3ccc(Cl)cc3)[nH]n2)C1. The number of rotatable bonds is 7. The van der Waals surface area contributed by atoms with Gasteiger partial charge in [-0.15, -0.1) is 0 Å². The summed E-state index contributed by atoms with van der Waals surface area (Å²) in [6.45, 7) is 5.94. The van der Waals surface area contributed by atoms with Crippen molar-refractivity contribution in [2.45, 2.75) is 26.0 Å². The summed E-state index contributed by atoms with van der Waals surface area (Å²) < 4.78 is 13.6. The third-order valence-electron chi connectivity index (χ3n) is 5.09. The van der Waals surface area contributed by atoms with Crippen LogP contribution in [-0.2, 0) is 24.8 Å². The van der Waals surface area contributed by atoms with E-state index in [0.717, 1.165) is 48.9 Å². The molecule has 1 aromatic carbocycles. The van der Waals surface area contributed by atoms with Crippen LogP contribution in [0.5, 0.6) is 5.75 Å². The van der Waals surface area contributed by atoms with E-state index in [1.54, 1.807) is 0 Å². The molecule has 0 spiro atoms. The van der Waals surface area contributed by atoms with Crippen molar-refractivity contribution in [2.75, 3.05) is 26.3 Å². The lowest BCUT2D eigenvalue weighted by atomic mass is 10.1. The van der Waals surface area contributed by atoms with E-state index in [4.69, 9.17) is 21.1 Å². The average molecular weight is 416 g/mol. The molecule has 4 rings (SSSR count). The van der Waals surface area contributed by atoms with Gasteiger partial charge in [0.2, 0.25) is 0 Å². The standard InChI is InChI=1S/C21H26ClN5O2/c1-15-16(12-26(2)25-15)13-27-8-10-29-21(14-27)20-11-18(23-24-20)7-9-28-19-5-3-17(22)4-6-19/h3-6,11-12,21H,7-10,13-14H2,1-2H3,(H,23,24). The first-order chi connectivity index (χ1) is 14.1. The Kier molecular flexibility index (Phi) is 6.18. The molecule has 0 amide bonds. The van der Waals surface area contributed by atoms with Gasteiger partial charge in [-0.3, -0.25) is 14.7 Å². The lowest BCUT2D eigenvalue weighted by Gasteiger charge is -2.31. The number of aromatic nitrogens is 4. The maximum Gasteiger partial charge on any atom is 0.119 e. The molecule has 1 saturated heterocycles. The lowest BCUT2D eigenvalue weighted by Crippen LogP contribution is -2.38. The Morgan fingerprint density at radius 2 is 2.14 bits per heavy atom. The second-order valence-corrected chi connectivity index (χ2v) is 7.81. The molecule has 1 unspecified atom stereocenters. The van der Waals surface area contributed by atoms with Crippen LogP contribution in [0.2, 0.25) is 5.02 Å². The monoisotopic (exact) mass is 415 g/mol. The molecule has 2 aromatic heterocycles. The van der Waals surface area contributed by atoms with E-state index in [0.29, 0.717) is 18.2 Å². The Hall–Kier alpha value is -2.35. The van der Waals surface area contributed by atoms with Crippen LogP contribution >= 0.6 is 11.6 Å². The van der Waals surface area contributed by atoms with E-state index in [9.17, 15) is 0 Å². The highest BCUT2D eigenvalue weighted by Gasteiger charge is 2.25. The number of halogens is 1. The molecule has 7 nitrogen and oxygen atoms in total. The minimum Gasteiger partial charge on any atom is -0.493 e. The highest BCUT2D eigenvalue weighted by molar-refractivity contribution is 6.30. The van der Waals surface area contributed by atoms with Gasteiger partial charge in [-0.25, -0.2) is 0 Å². The summed E-state index contributed by atoms with van der Waals surface area (Å²) in [7, 11) is 1.96. The third-order valence-corrected chi connectivity index (χ3v) is 5.35. The Labute approximate surface area is 175 Å². The highest BCUT2D eigenvalue weighted by atomic mass is 35.5. The van der Waals surface area contributed by atoms with E-state index >= 15 is 0 Å². The number of aromatic amines is 1. The van der Waals surface area contributed by atoms with Gasteiger partial charge in [0.05, 0.1) is 24.6 Å². The molecular formula is C21H26ClN5O2. The topological polar surface area (TPSA) is 68.2 Å². The van der Waals surface area contributed by atoms with Crippen LogP contribution < -0.4 is 4.74 Å². The number of hydrogen-bond acceptors (Lipinski definition) is 5. The molecule has 3 heterocycles. The van der Waals surface area contributed by atoms with Crippen molar-refractivity contribution in [2.24, 2.45) is 7.05 Å². The van der Waals surface area contributed by atoms with Crippen molar-refractivity contribution in [1.82, 2.24) is 24.9 Å². The number of H-pyrrole nitrogens is 1. The Bertz CT molecular complexity index is 937. The molecule has 8 heteroatoms. The minimum atomic E-state index is -0.0251. The van der Waals surface area contributed by atoms with Crippen molar-refractivity contribution in [1.29, 1.82) is 0 Å². The zero-order valence-corrected chi connectivity index (χ0v) is 17.5. The summed E-state index contributed by atoms with van der Waals surface area (Å²) in [5.41, 5.74) is 4.32. The number of nitrogens with one attached hydrogen (secondary N) is 1. The summed E-state index contributed by atoms with van der Waals surface area (Å²) >= 11 is 5.89. The quantitative estimate of drug-likeness (QED) is 0.641. The predicted octanol–water partition coefficient (Wildman–Crippen LogP) is 3.30. The predicted molar refractivity (Wildman–Crippen MR) is 111 cm³/mol. The van der Waals surface area contributed by atoms with Gasteiger partial charge in [0.25, 0.3) is 0 Å². The zero-order valence-electron chi connectivity index (χ0n) is 16.8. The molecule has 0 radical (unpaired) electrons. The van der Waals surface area contributed by atoms with Crippen LogP contribution in [-0.4, -0.2) is 51.2 Å². The van der Waals surface area contributed by atoms with Crippen molar-refractivity contribution in [3.05, 3.63) is 64.2 Å². The molecule has 0 aliphatic carbocycles. The van der Waals surface area contributed by atoms with E-state index in [1.807, 2.05) is 36.0 Å². The normalized spacial score (nSPS) is 17.6. The summed E-state index contributed by atoms with van der Waals surface area (Å²) in [5.74, 6) is 0.811. The highest BCUT2D eigenvalue weighted by Crippen LogP contribution is 2.23. The third kappa shape index (κ3) is 5.18. The number of hydrogen-bond donors (Lipinski definition) is 1. The number of aryl methyl sites for hydroxylation is 2. The first-order valence-electron chi connectivity index (χ1n) is 9.82. The molecular weight excluding hydrogens is 390 g/mol. The number of ether oxygens (including phenoxy) is 2. The maximum absolute atomic E-state index is 5.98. The Balaban J connectivity index is 1.30. The summed E-state index contributed by atoms with van der Waals surface area (Å²) in [5, 5.41) is 12.7. The molecule has 3 aromatic rings. The summed E-state index contributed by atoms with van der Waals surface area (Å²) in [6, 6.07) is 9.47.